The van der Waals surface area contributed by atoms with Gasteiger partial charge < -0.3 is 35.1 Å². The minimum absolute atomic E-state index is 0.120. The zero-order valence-corrected chi connectivity index (χ0v) is 22.8. The van der Waals surface area contributed by atoms with Crippen molar-refractivity contribution < 1.29 is 22.6 Å². The summed E-state index contributed by atoms with van der Waals surface area (Å²) in [5.41, 5.74) is 3.06. The van der Waals surface area contributed by atoms with E-state index in [9.17, 15) is 8.42 Å². The molecule has 39 heavy (non-hydrogen) atoms. The molecule has 12 nitrogen and oxygen atoms in total. The Morgan fingerprint density at radius 3 is 2.67 bits per heavy atom. The topological polar surface area (TPSA) is 139 Å². The van der Waals surface area contributed by atoms with Crippen LogP contribution in [-0.4, -0.2) is 78.6 Å². The number of nitrogens with one attached hydrogen (secondary N) is 4. The van der Waals surface area contributed by atoms with Gasteiger partial charge in [0.05, 0.1) is 38.3 Å². The number of aromatic nitrogens is 2. The van der Waals surface area contributed by atoms with Crippen LogP contribution in [-0.2, 0) is 25.9 Å². The van der Waals surface area contributed by atoms with E-state index in [-0.39, 0.29) is 18.0 Å². The summed E-state index contributed by atoms with van der Waals surface area (Å²) in [4.78, 5) is 11.8. The van der Waals surface area contributed by atoms with Gasteiger partial charge in [-0.05, 0) is 30.7 Å². The standard InChI is InChI=1S/C26H33N7O5S/c1-36-14-11-28-39(34,35)23-6-4-3-5-21(23)29-25-19-9-10-27-24(19)31-26(32-25)30-20-8-7-18(17-22(20)37-2)33-12-15-38-16-13-33/h3-8,17,28H,9-16H2,1-2H3,(H3,27,29,30,31,32). The summed E-state index contributed by atoms with van der Waals surface area (Å²) >= 11 is 0. The molecule has 0 amide bonds. The Bertz CT molecular complexity index is 1410. The van der Waals surface area contributed by atoms with Gasteiger partial charge in [0.25, 0.3) is 0 Å². The van der Waals surface area contributed by atoms with Crippen molar-refractivity contribution in [2.75, 3.05) is 81.1 Å². The van der Waals surface area contributed by atoms with E-state index in [4.69, 9.17) is 19.2 Å². The lowest BCUT2D eigenvalue weighted by atomic mass is 10.2. The second-order valence-electron chi connectivity index (χ2n) is 9.02. The van der Waals surface area contributed by atoms with E-state index >= 15 is 0 Å². The van der Waals surface area contributed by atoms with Crippen LogP contribution in [0.15, 0.2) is 47.4 Å². The van der Waals surface area contributed by atoms with Crippen LogP contribution in [0.25, 0.3) is 0 Å². The van der Waals surface area contributed by atoms with Gasteiger partial charge >= 0.3 is 0 Å². The highest BCUT2D eigenvalue weighted by atomic mass is 32.2. The molecule has 0 atom stereocenters. The molecule has 0 spiro atoms. The van der Waals surface area contributed by atoms with Gasteiger partial charge in [0.15, 0.2) is 0 Å². The molecule has 2 aliphatic rings. The van der Waals surface area contributed by atoms with Crippen LogP contribution < -0.4 is 30.3 Å². The molecule has 5 rings (SSSR count). The van der Waals surface area contributed by atoms with Crippen LogP contribution in [0.2, 0.25) is 0 Å². The molecule has 0 radical (unpaired) electrons. The zero-order chi connectivity index (χ0) is 27.2. The quantitative estimate of drug-likeness (QED) is 0.260. The van der Waals surface area contributed by atoms with Crippen LogP contribution in [0.3, 0.4) is 0 Å². The molecule has 208 valence electrons. The molecule has 4 N–H and O–H groups in total. The molecule has 0 bridgehead atoms. The van der Waals surface area contributed by atoms with Crippen LogP contribution >= 0.6 is 0 Å². The first-order valence-electron chi connectivity index (χ1n) is 12.8. The third-order valence-electron chi connectivity index (χ3n) is 6.51. The number of hydrogen-bond donors (Lipinski definition) is 4. The van der Waals surface area contributed by atoms with E-state index in [0.717, 1.165) is 24.3 Å². The molecule has 1 aromatic heterocycles. The van der Waals surface area contributed by atoms with E-state index in [2.05, 4.69) is 30.6 Å². The summed E-state index contributed by atoms with van der Waals surface area (Å²) in [6.07, 6.45) is 0.705. The molecular formula is C26H33N7O5S. The summed E-state index contributed by atoms with van der Waals surface area (Å²) < 4.78 is 44.6. The monoisotopic (exact) mass is 555 g/mol. The van der Waals surface area contributed by atoms with E-state index < -0.39 is 10.0 Å². The average molecular weight is 556 g/mol. The highest BCUT2D eigenvalue weighted by molar-refractivity contribution is 7.89. The number of anilines is 6. The Labute approximate surface area is 228 Å². The van der Waals surface area contributed by atoms with Crippen LogP contribution in [0, 0.1) is 0 Å². The molecule has 1 saturated heterocycles. The fourth-order valence-corrected chi connectivity index (χ4v) is 5.72. The van der Waals surface area contributed by atoms with Gasteiger partial charge in [-0.2, -0.15) is 9.97 Å². The molecule has 0 aliphatic carbocycles. The second kappa shape index (κ2) is 12.0. The lowest BCUT2D eigenvalue weighted by molar-refractivity contribution is 0.122. The van der Waals surface area contributed by atoms with Gasteiger partial charge in [0.1, 0.15) is 22.3 Å². The van der Waals surface area contributed by atoms with E-state index in [1.807, 2.05) is 18.2 Å². The summed E-state index contributed by atoms with van der Waals surface area (Å²) in [6, 6.07) is 12.7. The van der Waals surface area contributed by atoms with Crippen molar-refractivity contribution in [1.82, 2.24) is 14.7 Å². The highest BCUT2D eigenvalue weighted by Gasteiger charge is 2.23. The number of hydrogen-bond acceptors (Lipinski definition) is 11. The van der Waals surface area contributed by atoms with Crippen molar-refractivity contribution >= 4 is 44.7 Å². The van der Waals surface area contributed by atoms with Gasteiger partial charge in [-0.1, -0.05) is 12.1 Å². The molecule has 3 aromatic rings. The molecule has 2 aromatic carbocycles. The number of morpholine rings is 1. The molecule has 3 heterocycles. The Kier molecular flexibility index (Phi) is 8.31. The van der Waals surface area contributed by atoms with Crippen LogP contribution in [0.5, 0.6) is 5.75 Å². The highest BCUT2D eigenvalue weighted by Crippen LogP contribution is 2.35. The van der Waals surface area contributed by atoms with Crippen molar-refractivity contribution in [3.8, 4) is 5.75 Å². The number of nitrogens with zero attached hydrogens (tertiary/aromatic N) is 3. The SMILES string of the molecule is COCCNS(=O)(=O)c1ccccc1Nc1nc(Nc2ccc(N3CCOCC3)cc2OC)nc2c1CCN2. The maximum Gasteiger partial charge on any atom is 0.242 e. The Morgan fingerprint density at radius 1 is 1.05 bits per heavy atom. The van der Waals surface area contributed by atoms with Crippen molar-refractivity contribution in [1.29, 1.82) is 0 Å². The predicted molar refractivity (Wildman–Crippen MR) is 150 cm³/mol. The van der Waals surface area contributed by atoms with Gasteiger partial charge in [-0.3, -0.25) is 0 Å². The fourth-order valence-electron chi connectivity index (χ4n) is 4.54. The number of ether oxygens (including phenoxy) is 3. The van der Waals surface area contributed by atoms with Crippen molar-refractivity contribution in [3.05, 3.63) is 48.0 Å². The first kappa shape index (κ1) is 26.9. The Balaban J connectivity index is 1.42. The zero-order valence-electron chi connectivity index (χ0n) is 22.0. The Morgan fingerprint density at radius 2 is 1.87 bits per heavy atom. The number of para-hydroxylation sites is 1. The van der Waals surface area contributed by atoms with E-state index in [1.54, 1.807) is 31.4 Å². The number of rotatable bonds is 11. The number of benzene rings is 2. The molecular weight excluding hydrogens is 522 g/mol. The maximum atomic E-state index is 13.0. The number of fused-ring (bicyclic) bond motifs is 1. The van der Waals surface area contributed by atoms with Gasteiger partial charge in [0, 0.05) is 50.6 Å². The molecule has 0 unspecified atom stereocenters. The molecule has 1 fully saturated rings. The van der Waals surface area contributed by atoms with Crippen LogP contribution in [0.4, 0.5) is 34.6 Å². The van der Waals surface area contributed by atoms with Gasteiger partial charge in [0.2, 0.25) is 16.0 Å². The normalized spacial score (nSPS) is 15.0. The minimum Gasteiger partial charge on any atom is -0.494 e. The first-order chi connectivity index (χ1) is 19.0. The Hall–Kier alpha value is -3.65. The van der Waals surface area contributed by atoms with Gasteiger partial charge in [-0.25, -0.2) is 13.1 Å². The smallest absolute Gasteiger partial charge is 0.242 e. The summed E-state index contributed by atoms with van der Waals surface area (Å²) in [5.74, 6) is 2.22. The van der Waals surface area contributed by atoms with E-state index in [0.29, 0.717) is 60.9 Å². The summed E-state index contributed by atoms with van der Waals surface area (Å²) in [6.45, 7) is 4.18. The predicted octanol–water partition coefficient (Wildman–Crippen LogP) is 2.70. The second-order valence-corrected chi connectivity index (χ2v) is 10.8. The third kappa shape index (κ3) is 6.17. The molecule has 0 saturated carbocycles. The van der Waals surface area contributed by atoms with Crippen molar-refractivity contribution in [2.45, 2.75) is 11.3 Å². The van der Waals surface area contributed by atoms with E-state index in [1.165, 1.54) is 7.11 Å². The van der Waals surface area contributed by atoms with Crippen LogP contribution in [0.1, 0.15) is 5.56 Å². The first-order valence-corrected chi connectivity index (χ1v) is 14.2. The summed E-state index contributed by atoms with van der Waals surface area (Å²) in [7, 11) is -0.628. The molecule has 13 heteroatoms. The van der Waals surface area contributed by atoms with Gasteiger partial charge in [-0.15, -0.1) is 0 Å². The maximum absolute atomic E-state index is 13.0. The van der Waals surface area contributed by atoms with Crippen molar-refractivity contribution in [2.24, 2.45) is 0 Å². The fraction of sp³-hybridized carbons (Fsp3) is 0.385. The largest absolute Gasteiger partial charge is 0.494 e. The summed E-state index contributed by atoms with van der Waals surface area (Å²) in [5, 5.41) is 9.81. The average Bonchev–Trinajstić information content (AvgIpc) is 3.43. The minimum atomic E-state index is -3.77. The number of methoxy groups -OCH3 is 2. The lowest BCUT2D eigenvalue weighted by Gasteiger charge is -2.29. The number of sulfonamides is 1. The van der Waals surface area contributed by atoms with Crippen molar-refractivity contribution in [3.63, 3.8) is 0 Å². The molecule has 2 aliphatic heterocycles. The lowest BCUT2D eigenvalue weighted by Crippen LogP contribution is -2.36. The third-order valence-corrected chi connectivity index (χ3v) is 8.03.